The summed E-state index contributed by atoms with van der Waals surface area (Å²) in [4.78, 5) is 13.4. The van der Waals surface area contributed by atoms with Crippen LogP contribution in [0.1, 0.15) is 23.1 Å². The van der Waals surface area contributed by atoms with Crippen molar-refractivity contribution in [3.05, 3.63) is 96.1 Å². The zero-order chi connectivity index (χ0) is 20.2. The van der Waals surface area contributed by atoms with Crippen LogP contribution >= 0.6 is 0 Å². The summed E-state index contributed by atoms with van der Waals surface area (Å²) in [5.41, 5.74) is 6.78. The number of esters is 1. The Kier molecular flexibility index (Phi) is 5.34. The summed E-state index contributed by atoms with van der Waals surface area (Å²) in [5.74, 6) is -0.194. The molecule has 0 aliphatic heterocycles. The monoisotopic (exact) mass is 385 g/mol. The van der Waals surface area contributed by atoms with Crippen LogP contribution in [0.3, 0.4) is 0 Å². The lowest BCUT2D eigenvalue weighted by Crippen LogP contribution is -2.10. The normalized spacial score (nSPS) is 12.3. The molecule has 146 valence electrons. The maximum atomic E-state index is 11.3. The van der Waals surface area contributed by atoms with E-state index in [2.05, 4.69) is 29.7 Å². The Morgan fingerprint density at radius 1 is 0.931 bits per heavy atom. The van der Waals surface area contributed by atoms with Crippen LogP contribution in [0.5, 0.6) is 5.75 Å². The number of ether oxygens (including phenoxy) is 1. The molecule has 0 atom stereocenters. The Bertz CT molecular complexity index is 1020. The highest BCUT2D eigenvalue weighted by Crippen LogP contribution is 2.37. The quantitative estimate of drug-likeness (QED) is 0.444. The number of hydrogen-bond donors (Lipinski definition) is 1. The Morgan fingerprint density at radius 2 is 1.55 bits per heavy atom. The molecule has 4 nitrogen and oxygen atoms in total. The van der Waals surface area contributed by atoms with E-state index in [1.807, 2.05) is 36.4 Å². The molecule has 0 amide bonds. The predicted octanol–water partition coefficient (Wildman–Crippen LogP) is 5.58. The van der Waals surface area contributed by atoms with Gasteiger partial charge in [0.1, 0.15) is 12.4 Å². The first-order valence-corrected chi connectivity index (χ1v) is 9.73. The van der Waals surface area contributed by atoms with Crippen LogP contribution in [0, 0.1) is 0 Å². The van der Waals surface area contributed by atoms with Crippen LogP contribution in [-0.4, -0.2) is 11.1 Å². The van der Waals surface area contributed by atoms with Crippen molar-refractivity contribution < 1.29 is 14.6 Å². The van der Waals surface area contributed by atoms with Crippen molar-refractivity contribution >= 4 is 23.0 Å². The molecular weight excluding hydrogens is 362 g/mol. The fourth-order valence-corrected chi connectivity index (χ4v) is 3.70. The summed E-state index contributed by atoms with van der Waals surface area (Å²) in [5, 5.41) is 9.70. The third-order valence-electron chi connectivity index (χ3n) is 5.19. The zero-order valence-corrected chi connectivity index (χ0v) is 16.2. The van der Waals surface area contributed by atoms with Crippen LogP contribution in [0.4, 0.5) is 17.1 Å². The molecule has 0 radical (unpaired) electrons. The molecule has 0 aromatic heterocycles. The van der Waals surface area contributed by atoms with Crippen LogP contribution < -0.4 is 4.90 Å². The highest BCUT2D eigenvalue weighted by atomic mass is 16.5. The number of phenols is 1. The van der Waals surface area contributed by atoms with Crippen LogP contribution in [-0.2, 0) is 29.0 Å². The minimum Gasteiger partial charge on any atom is -0.508 e. The summed E-state index contributed by atoms with van der Waals surface area (Å²) in [6, 6.07) is 21.7. The zero-order valence-electron chi connectivity index (χ0n) is 16.2. The van der Waals surface area contributed by atoms with Crippen molar-refractivity contribution in [3.8, 4) is 5.75 Å². The number of anilines is 3. The van der Waals surface area contributed by atoms with Crippen molar-refractivity contribution in [1.29, 1.82) is 0 Å². The number of aromatic hydroxyl groups is 1. The van der Waals surface area contributed by atoms with Crippen molar-refractivity contribution in [2.75, 3.05) is 4.90 Å². The topological polar surface area (TPSA) is 49.8 Å². The first kappa shape index (κ1) is 18.8. The Labute approximate surface area is 170 Å². The molecule has 0 saturated heterocycles. The van der Waals surface area contributed by atoms with Crippen LogP contribution in [0.15, 0.2) is 79.4 Å². The number of aryl methyl sites for hydroxylation is 2. The maximum absolute atomic E-state index is 11.3. The van der Waals surface area contributed by atoms with Crippen molar-refractivity contribution in [3.63, 3.8) is 0 Å². The molecule has 0 saturated carbocycles. The number of fused-ring (bicyclic) bond motifs is 1. The molecule has 1 aliphatic carbocycles. The van der Waals surface area contributed by atoms with Gasteiger partial charge in [-0.2, -0.15) is 0 Å². The van der Waals surface area contributed by atoms with Gasteiger partial charge in [-0.25, -0.2) is 4.79 Å². The molecule has 3 aromatic rings. The van der Waals surface area contributed by atoms with Gasteiger partial charge in [-0.15, -0.1) is 0 Å². The second kappa shape index (κ2) is 8.23. The van der Waals surface area contributed by atoms with E-state index >= 15 is 0 Å². The summed E-state index contributed by atoms with van der Waals surface area (Å²) in [6.07, 6.45) is 4.62. The van der Waals surface area contributed by atoms with E-state index in [4.69, 9.17) is 4.74 Å². The maximum Gasteiger partial charge on any atom is 0.330 e. The minimum absolute atomic E-state index is 0.211. The Hall–Kier alpha value is -3.53. The van der Waals surface area contributed by atoms with Gasteiger partial charge in [0.2, 0.25) is 0 Å². The number of hydrogen-bond acceptors (Lipinski definition) is 4. The molecular formula is C25H23NO3. The van der Waals surface area contributed by atoms with E-state index in [9.17, 15) is 9.90 Å². The summed E-state index contributed by atoms with van der Waals surface area (Å²) in [7, 11) is 0. The number of carbonyl (C=O) groups excluding carboxylic acids is 1. The molecule has 0 heterocycles. The fourth-order valence-electron chi connectivity index (χ4n) is 3.70. The van der Waals surface area contributed by atoms with Gasteiger partial charge in [-0.05, 0) is 84.5 Å². The number of nitrogens with zero attached hydrogens (tertiary/aromatic N) is 1. The molecule has 1 aliphatic rings. The molecule has 1 N–H and O–H groups in total. The van der Waals surface area contributed by atoms with Crippen molar-refractivity contribution in [1.82, 2.24) is 0 Å². The standard InChI is InChI=1S/C25H23NO3/c1-2-25(28)29-17-18-6-9-21(10-7-18)26(22-12-14-24(27)15-13-22)23-11-8-19-4-3-5-20(19)16-23/h2,6-16,27H,1,3-5,17H2. The SMILES string of the molecule is C=CC(=O)OCc1ccc(N(c2ccc(O)cc2)c2ccc3c(c2)CCC3)cc1. The summed E-state index contributed by atoms with van der Waals surface area (Å²) in [6.45, 7) is 3.62. The molecule has 0 bridgehead atoms. The average molecular weight is 385 g/mol. The van der Waals surface area contributed by atoms with Crippen molar-refractivity contribution in [2.45, 2.75) is 25.9 Å². The number of benzene rings is 3. The van der Waals surface area contributed by atoms with Gasteiger partial charge >= 0.3 is 5.97 Å². The highest BCUT2D eigenvalue weighted by Gasteiger charge is 2.17. The Morgan fingerprint density at radius 3 is 2.24 bits per heavy atom. The first-order chi connectivity index (χ1) is 14.1. The van der Waals surface area contributed by atoms with E-state index in [0.717, 1.165) is 41.5 Å². The lowest BCUT2D eigenvalue weighted by atomic mass is 10.1. The second-order valence-corrected chi connectivity index (χ2v) is 7.14. The van der Waals surface area contributed by atoms with Gasteiger partial charge in [0.15, 0.2) is 0 Å². The highest BCUT2D eigenvalue weighted by molar-refractivity contribution is 5.81. The van der Waals surface area contributed by atoms with Crippen LogP contribution in [0.2, 0.25) is 0 Å². The Balaban J connectivity index is 1.68. The summed E-state index contributed by atoms with van der Waals surface area (Å²) < 4.78 is 5.11. The van der Waals surface area contributed by atoms with Gasteiger partial charge < -0.3 is 14.7 Å². The molecule has 4 rings (SSSR count). The minimum atomic E-state index is -0.432. The van der Waals surface area contributed by atoms with E-state index in [0.29, 0.717) is 0 Å². The smallest absolute Gasteiger partial charge is 0.330 e. The van der Waals surface area contributed by atoms with Crippen molar-refractivity contribution in [2.24, 2.45) is 0 Å². The van der Waals surface area contributed by atoms with Gasteiger partial charge in [-0.3, -0.25) is 0 Å². The van der Waals surface area contributed by atoms with Gasteiger partial charge in [0.25, 0.3) is 0 Å². The molecule has 0 fully saturated rings. The number of rotatable bonds is 6. The van der Waals surface area contributed by atoms with E-state index in [-0.39, 0.29) is 12.4 Å². The lowest BCUT2D eigenvalue weighted by molar-refractivity contribution is -0.138. The van der Waals surface area contributed by atoms with Gasteiger partial charge in [0, 0.05) is 23.1 Å². The second-order valence-electron chi connectivity index (χ2n) is 7.14. The summed E-state index contributed by atoms with van der Waals surface area (Å²) >= 11 is 0. The van der Waals surface area contributed by atoms with Gasteiger partial charge in [0.05, 0.1) is 0 Å². The van der Waals surface area contributed by atoms with Crippen LogP contribution in [0.25, 0.3) is 0 Å². The molecule has 0 spiro atoms. The van der Waals surface area contributed by atoms with Gasteiger partial charge in [-0.1, -0.05) is 24.8 Å². The fraction of sp³-hybridized carbons (Fsp3) is 0.160. The molecule has 3 aromatic carbocycles. The average Bonchev–Trinajstić information content (AvgIpc) is 3.22. The largest absolute Gasteiger partial charge is 0.508 e. The molecule has 4 heteroatoms. The third kappa shape index (κ3) is 4.16. The van der Waals surface area contributed by atoms with E-state index in [1.54, 1.807) is 12.1 Å². The third-order valence-corrected chi connectivity index (χ3v) is 5.19. The number of carbonyl (C=O) groups is 1. The predicted molar refractivity (Wildman–Crippen MR) is 115 cm³/mol. The first-order valence-electron chi connectivity index (χ1n) is 9.73. The molecule has 29 heavy (non-hydrogen) atoms. The van der Waals surface area contributed by atoms with E-state index < -0.39 is 5.97 Å². The number of phenolic OH excluding ortho intramolecular Hbond substituents is 1. The van der Waals surface area contributed by atoms with E-state index in [1.165, 1.54) is 17.5 Å². The molecule has 0 unspecified atom stereocenters. The lowest BCUT2D eigenvalue weighted by Gasteiger charge is -2.26.